The normalized spacial score (nSPS) is 10.8. The van der Waals surface area contributed by atoms with Crippen LogP contribution in [0, 0.1) is 6.92 Å². The van der Waals surface area contributed by atoms with Crippen molar-refractivity contribution in [1.29, 1.82) is 0 Å². The first kappa shape index (κ1) is 22.4. The highest BCUT2D eigenvalue weighted by atomic mass is 35.5. The number of methoxy groups -OCH3 is 1. The quantitative estimate of drug-likeness (QED) is 0.293. The number of aromatic nitrogens is 3. The van der Waals surface area contributed by atoms with Gasteiger partial charge in [-0.05, 0) is 79.7 Å². The smallest absolute Gasteiger partial charge is 0.255 e. The third kappa shape index (κ3) is 4.92. The predicted octanol–water partition coefficient (Wildman–Crippen LogP) is 6.25. The van der Waals surface area contributed by atoms with Crippen LogP contribution in [0.5, 0.6) is 5.75 Å². The molecular weight excluding hydrogens is 466 g/mol. The Morgan fingerprint density at radius 3 is 2.26 bits per heavy atom. The van der Waals surface area contributed by atoms with Crippen molar-refractivity contribution in [2.75, 3.05) is 17.7 Å². The van der Waals surface area contributed by atoms with E-state index in [1.54, 1.807) is 50.4 Å². The molecular formula is C26H20ClN5O3. The second-order valence-corrected chi connectivity index (χ2v) is 8.12. The molecule has 0 atom stereocenters. The number of aryl methyl sites for hydroxylation is 1. The van der Waals surface area contributed by atoms with Crippen LogP contribution in [0.15, 0.2) is 77.2 Å². The van der Waals surface area contributed by atoms with Gasteiger partial charge in [0, 0.05) is 27.5 Å². The fraction of sp³-hybridized carbons (Fsp3) is 0.0769. The first-order valence-corrected chi connectivity index (χ1v) is 11.1. The van der Waals surface area contributed by atoms with Crippen LogP contribution in [0.4, 0.5) is 17.2 Å². The minimum atomic E-state index is -0.218. The first-order chi connectivity index (χ1) is 17.0. The van der Waals surface area contributed by atoms with E-state index in [2.05, 4.69) is 25.6 Å². The van der Waals surface area contributed by atoms with Crippen molar-refractivity contribution in [1.82, 2.24) is 15.0 Å². The van der Waals surface area contributed by atoms with Crippen molar-refractivity contribution >= 4 is 45.9 Å². The number of rotatable bonds is 6. The van der Waals surface area contributed by atoms with Crippen molar-refractivity contribution in [2.24, 2.45) is 0 Å². The van der Waals surface area contributed by atoms with E-state index in [1.807, 2.05) is 36.4 Å². The van der Waals surface area contributed by atoms with Gasteiger partial charge in [0.2, 0.25) is 5.89 Å². The number of benzene rings is 3. The zero-order valence-corrected chi connectivity index (χ0v) is 19.6. The monoisotopic (exact) mass is 485 g/mol. The largest absolute Gasteiger partial charge is 0.497 e. The van der Waals surface area contributed by atoms with Crippen LogP contribution in [0.3, 0.4) is 0 Å². The molecule has 0 aliphatic carbocycles. The molecule has 174 valence electrons. The Balaban J connectivity index is 1.36. The Morgan fingerprint density at radius 2 is 1.57 bits per heavy atom. The van der Waals surface area contributed by atoms with E-state index in [0.717, 1.165) is 17.0 Å². The van der Waals surface area contributed by atoms with Crippen molar-refractivity contribution < 1.29 is 13.9 Å². The fourth-order valence-electron chi connectivity index (χ4n) is 3.45. The molecule has 0 spiro atoms. The van der Waals surface area contributed by atoms with Gasteiger partial charge in [-0.15, -0.1) is 0 Å². The van der Waals surface area contributed by atoms with Crippen LogP contribution in [0.1, 0.15) is 16.2 Å². The third-order valence-corrected chi connectivity index (χ3v) is 5.47. The summed E-state index contributed by atoms with van der Waals surface area (Å²) in [7, 11) is 1.62. The minimum Gasteiger partial charge on any atom is -0.497 e. The van der Waals surface area contributed by atoms with Gasteiger partial charge in [-0.2, -0.15) is 4.98 Å². The molecule has 2 N–H and O–H groups in total. The second-order valence-electron chi connectivity index (χ2n) is 7.68. The van der Waals surface area contributed by atoms with Gasteiger partial charge >= 0.3 is 0 Å². The van der Waals surface area contributed by atoms with Gasteiger partial charge in [0.1, 0.15) is 11.6 Å². The summed E-state index contributed by atoms with van der Waals surface area (Å²) in [6.07, 6.45) is 0. The lowest BCUT2D eigenvalue weighted by Crippen LogP contribution is -2.11. The van der Waals surface area contributed by atoms with Gasteiger partial charge in [-0.1, -0.05) is 11.6 Å². The highest BCUT2D eigenvalue weighted by molar-refractivity contribution is 6.30. The number of halogens is 1. The van der Waals surface area contributed by atoms with E-state index in [9.17, 15) is 4.79 Å². The summed E-state index contributed by atoms with van der Waals surface area (Å²) >= 11 is 5.89. The van der Waals surface area contributed by atoms with Crippen molar-refractivity contribution in [3.05, 3.63) is 89.2 Å². The number of oxazole rings is 1. The predicted molar refractivity (Wildman–Crippen MR) is 135 cm³/mol. The van der Waals surface area contributed by atoms with Crippen LogP contribution in [0.25, 0.3) is 22.7 Å². The van der Waals surface area contributed by atoms with Crippen LogP contribution >= 0.6 is 11.6 Å². The molecule has 0 saturated carbocycles. The van der Waals surface area contributed by atoms with E-state index in [4.69, 9.17) is 20.8 Å². The Morgan fingerprint density at radius 1 is 0.886 bits per heavy atom. The van der Waals surface area contributed by atoms with Crippen LogP contribution in [-0.2, 0) is 0 Å². The summed E-state index contributed by atoms with van der Waals surface area (Å²) < 4.78 is 11.1. The molecule has 2 heterocycles. The molecule has 0 radical (unpaired) electrons. The molecule has 9 heteroatoms. The summed E-state index contributed by atoms with van der Waals surface area (Å²) in [5.74, 6) is 2.03. The molecule has 0 aliphatic rings. The Hall–Kier alpha value is -4.43. The molecule has 0 bridgehead atoms. The highest BCUT2D eigenvalue weighted by Crippen LogP contribution is 2.29. The molecule has 35 heavy (non-hydrogen) atoms. The van der Waals surface area contributed by atoms with Crippen molar-refractivity contribution in [3.8, 4) is 17.2 Å². The van der Waals surface area contributed by atoms with Gasteiger partial charge in [0.05, 0.1) is 7.11 Å². The average molecular weight is 486 g/mol. The average Bonchev–Trinajstić information content (AvgIpc) is 3.30. The third-order valence-electron chi connectivity index (χ3n) is 5.22. The lowest BCUT2D eigenvalue weighted by molar-refractivity contribution is 0.102. The van der Waals surface area contributed by atoms with Gasteiger partial charge in [-0.25, -0.2) is 9.97 Å². The molecule has 8 nitrogen and oxygen atoms in total. The Kier molecular flexibility index (Phi) is 6.03. The zero-order valence-electron chi connectivity index (χ0n) is 18.9. The van der Waals surface area contributed by atoms with Crippen LogP contribution < -0.4 is 15.4 Å². The lowest BCUT2D eigenvalue weighted by Gasteiger charge is -2.09. The first-order valence-electron chi connectivity index (χ1n) is 10.7. The second kappa shape index (κ2) is 9.44. The maximum absolute atomic E-state index is 12.4. The summed E-state index contributed by atoms with van der Waals surface area (Å²) in [5, 5.41) is 6.71. The van der Waals surface area contributed by atoms with E-state index in [-0.39, 0.29) is 5.91 Å². The summed E-state index contributed by atoms with van der Waals surface area (Å²) in [5.41, 5.74) is 3.65. The molecule has 0 fully saturated rings. The maximum atomic E-state index is 12.4. The number of hydrogen-bond donors (Lipinski definition) is 2. The van der Waals surface area contributed by atoms with Gasteiger partial charge in [0.15, 0.2) is 11.3 Å². The number of ether oxygens (including phenoxy) is 1. The lowest BCUT2D eigenvalue weighted by atomic mass is 10.2. The van der Waals surface area contributed by atoms with E-state index in [0.29, 0.717) is 45.0 Å². The SMILES string of the molecule is COc1ccc(-c2nc3c(Nc4ccc(NC(=O)c5ccc(Cl)cc5)cc4)nc(C)nc3o2)cc1. The Labute approximate surface area is 206 Å². The minimum absolute atomic E-state index is 0.218. The number of fused-ring (bicyclic) bond motifs is 1. The topological polar surface area (TPSA) is 102 Å². The molecule has 5 aromatic rings. The van der Waals surface area contributed by atoms with Crippen LogP contribution in [0.2, 0.25) is 5.02 Å². The number of amides is 1. The number of anilines is 3. The number of nitrogens with one attached hydrogen (secondary N) is 2. The summed E-state index contributed by atoms with van der Waals surface area (Å²) in [4.78, 5) is 25.9. The molecule has 0 unspecified atom stereocenters. The van der Waals surface area contributed by atoms with Gasteiger partial charge in [0.25, 0.3) is 11.6 Å². The van der Waals surface area contributed by atoms with E-state index in [1.165, 1.54) is 0 Å². The van der Waals surface area contributed by atoms with Crippen LogP contribution in [-0.4, -0.2) is 28.0 Å². The Bertz CT molecular complexity index is 1500. The number of carbonyl (C=O) groups excluding carboxylic acids is 1. The summed E-state index contributed by atoms with van der Waals surface area (Å²) in [6.45, 7) is 1.79. The van der Waals surface area contributed by atoms with Gasteiger partial charge < -0.3 is 19.8 Å². The highest BCUT2D eigenvalue weighted by Gasteiger charge is 2.16. The summed E-state index contributed by atoms with van der Waals surface area (Å²) in [6, 6.07) is 21.4. The maximum Gasteiger partial charge on any atom is 0.255 e. The number of nitrogens with zero attached hydrogens (tertiary/aromatic N) is 3. The van der Waals surface area contributed by atoms with Crippen molar-refractivity contribution in [3.63, 3.8) is 0 Å². The van der Waals surface area contributed by atoms with E-state index >= 15 is 0 Å². The molecule has 0 saturated heterocycles. The molecule has 5 rings (SSSR count). The van der Waals surface area contributed by atoms with E-state index < -0.39 is 0 Å². The molecule has 3 aromatic carbocycles. The number of hydrogen-bond acceptors (Lipinski definition) is 7. The number of carbonyl (C=O) groups is 1. The molecule has 2 aromatic heterocycles. The standard InChI is InChI=1S/C26H20ClN5O3/c1-15-28-23(22-26(29-15)35-25(32-22)17-5-13-21(34-2)14-6-17)30-19-9-11-20(12-10-19)31-24(33)16-3-7-18(27)8-4-16/h3-14H,1-2H3,(H,31,33)(H,28,29,30). The molecule has 1 amide bonds. The van der Waals surface area contributed by atoms with Gasteiger partial charge in [-0.3, -0.25) is 4.79 Å². The molecule has 0 aliphatic heterocycles. The van der Waals surface area contributed by atoms with Crippen molar-refractivity contribution in [2.45, 2.75) is 6.92 Å². The fourth-order valence-corrected chi connectivity index (χ4v) is 3.58. The zero-order chi connectivity index (χ0) is 24.4.